The first-order chi connectivity index (χ1) is 21.1. The normalized spacial score (nSPS) is 16.9. The molecule has 0 aromatic heterocycles. The van der Waals surface area contributed by atoms with E-state index < -0.39 is 0 Å². The van der Waals surface area contributed by atoms with Gasteiger partial charge in [0.1, 0.15) is 25.3 Å². The van der Waals surface area contributed by atoms with E-state index in [1.807, 2.05) is 0 Å². The van der Waals surface area contributed by atoms with Crippen LogP contribution in [-0.4, -0.2) is 135 Å². The third-order valence-electron chi connectivity index (χ3n) is 10.0. The Kier molecular flexibility index (Phi) is 24.5. The third-order valence-corrected chi connectivity index (χ3v) is 10.0. The number of aliphatic hydroxyl groups excluding tert-OH is 2. The Morgan fingerprint density at radius 3 is 0.955 bits per heavy atom. The Morgan fingerprint density at radius 1 is 0.432 bits per heavy atom. The molecule has 6 heteroatoms. The summed E-state index contributed by atoms with van der Waals surface area (Å²) in [6, 6.07) is 0. The summed E-state index contributed by atoms with van der Waals surface area (Å²) in [5.74, 6) is 0. The summed E-state index contributed by atoms with van der Waals surface area (Å²) in [6.07, 6.45) is 27.0. The first-order valence-electron chi connectivity index (χ1n) is 19.5. The average molecular weight is 627 g/mol. The third kappa shape index (κ3) is 24.0. The van der Waals surface area contributed by atoms with Crippen molar-refractivity contribution in [1.29, 1.82) is 0 Å². The van der Waals surface area contributed by atoms with Crippen molar-refractivity contribution in [2.45, 2.75) is 154 Å². The minimum absolute atomic E-state index is 0.269. The molecule has 0 amide bonds. The fraction of sp³-hybridized carbons (Fsp3) is 1.00. The highest BCUT2D eigenvalue weighted by Gasteiger charge is 2.27. The van der Waals surface area contributed by atoms with E-state index in [9.17, 15) is 10.2 Å². The molecule has 2 atom stereocenters. The number of hydrogen-bond acceptors (Lipinski definition) is 4. The van der Waals surface area contributed by atoms with Gasteiger partial charge in [-0.3, -0.25) is 9.80 Å². The first kappa shape index (κ1) is 41.8. The maximum absolute atomic E-state index is 10.9. The zero-order valence-corrected chi connectivity index (χ0v) is 31.1. The lowest BCUT2D eigenvalue weighted by Gasteiger charge is -2.39. The summed E-state index contributed by atoms with van der Waals surface area (Å²) in [5.41, 5.74) is 0. The largest absolute Gasteiger partial charge is 0.386 e. The van der Waals surface area contributed by atoms with Crippen LogP contribution >= 0.6 is 0 Å². The van der Waals surface area contributed by atoms with Gasteiger partial charge >= 0.3 is 0 Å². The lowest BCUT2D eigenvalue weighted by atomic mass is 10.1. The quantitative estimate of drug-likeness (QED) is 0.0648. The molecule has 44 heavy (non-hydrogen) atoms. The van der Waals surface area contributed by atoms with Crippen LogP contribution in [0.2, 0.25) is 0 Å². The van der Waals surface area contributed by atoms with Gasteiger partial charge in [0.05, 0.1) is 41.3 Å². The molecule has 0 aliphatic carbocycles. The van der Waals surface area contributed by atoms with E-state index in [4.69, 9.17) is 0 Å². The van der Waals surface area contributed by atoms with E-state index in [0.29, 0.717) is 0 Å². The van der Waals surface area contributed by atoms with Gasteiger partial charge in [0.15, 0.2) is 0 Å². The maximum atomic E-state index is 10.9. The molecule has 6 nitrogen and oxygen atoms in total. The van der Waals surface area contributed by atoms with Crippen molar-refractivity contribution in [1.82, 2.24) is 9.80 Å². The minimum atomic E-state index is -0.269. The molecule has 0 aromatic carbocycles. The van der Waals surface area contributed by atoms with Crippen molar-refractivity contribution < 1.29 is 19.2 Å². The minimum Gasteiger partial charge on any atom is -0.386 e. The summed E-state index contributed by atoms with van der Waals surface area (Å²) in [4.78, 5) is 4.86. The zero-order chi connectivity index (χ0) is 32.5. The van der Waals surface area contributed by atoms with Crippen LogP contribution in [0.25, 0.3) is 0 Å². The smallest absolute Gasteiger partial charge is 0.115 e. The highest BCUT2D eigenvalue weighted by Crippen LogP contribution is 2.14. The predicted octanol–water partition coefficient (Wildman–Crippen LogP) is 7.32. The molecule has 0 saturated carbocycles. The average Bonchev–Trinajstić information content (AvgIpc) is 2.95. The molecular formula is C38H82N4O2+2. The van der Waals surface area contributed by atoms with Crippen LogP contribution in [0.4, 0.5) is 0 Å². The van der Waals surface area contributed by atoms with Crippen LogP contribution in [0.3, 0.4) is 0 Å². The second-order valence-electron chi connectivity index (χ2n) is 16.0. The second kappa shape index (κ2) is 25.8. The number of rotatable bonds is 30. The highest BCUT2D eigenvalue weighted by atomic mass is 16.3. The van der Waals surface area contributed by atoms with Gasteiger partial charge in [-0.15, -0.1) is 0 Å². The molecule has 1 aliphatic heterocycles. The van der Waals surface area contributed by atoms with Crippen LogP contribution in [-0.2, 0) is 0 Å². The monoisotopic (exact) mass is 627 g/mol. The van der Waals surface area contributed by atoms with Crippen molar-refractivity contribution in [3.8, 4) is 0 Å². The van der Waals surface area contributed by atoms with Crippen molar-refractivity contribution in [2.24, 2.45) is 0 Å². The van der Waals surface area contributed by atoms with Crippen molar-refractivity contribution in [3.63, 3.8) is 0 Å². The number of nitrogens with zero attached hydrogens (tertiary/aromatic N) is 4. The SMILES string of the molecule is CCCCCCCCCCCC[N+](C)(C)CC(O)CN1CCN(CC(O)C[N+](C)(C)CCCCCCCCCCCC)CC1. The van der Waals surface area contributed by atoms with E-state index in [1.165, 1.54) is 128 Å². The van der Waals surface area contributed by atoms with Gasteiger partial charge in [0.2, 0.25) is 0 Å². The fourth-order valence-electron chi connectivity index (χ4n) is 7.24. The fourth-order valence-corrected chi connectivity index (χ4v) is 7.24. The molecule has 264 valence electrons. The standard InChI is InChI=1S/C38H82N4O2/c1-7-9-11-13-15-17-19-21-23-25-31-41(3,4)35-37(43)33-39-27-29-40(30-28-39)34-38(44)36-42(5,6)32-26-24-22-20-18-16-14-12-10-8-2/h37-38,43-44H,7-36H2,1-6H3/q+2. The van der Waals surface area contributed by atoms with Crippen LogP contribution in [0.15, 0.2) is 0 Å². The molecule has 1 rings (SSSR count). The lowest BCUT2D eigenvalue weighted by Crippen LogP contribution is -2.54. The maximum Gasteiger partial charge on any atom is 0.115 e. The van der Waals surface area contributed by atoms with Gasteiger partial charge < -0.3 is 19.2 Å². The van der Waals surface area contributed by atoms with E-state index in [-0.39, 0.29) is 12.2 Å². The molecule has 2 N–H and O–H groups in total. The summed E-state index contributed by atoms with van der Waals surface area (Å²) in [5, 5.41) is 21.8. The molecule has 1 aliphatic rings. The van der Waals surface area contributed by atoms with Gasteiger partial charge in [0, 0.05) is 39.3 Å². The molecule has 2 unspecified atom stereocenters. The number of unbranched alkanes of at least 4 members (excludes halogenated alkanes) is 18. The van der Waals surface area contributed by atoms with Gasteiger partial charge in [-0.25, -0.2) is 0 Å². The molecule has 1 fully saturated rings. The van der Waals surface area contributed by atoms with Crippen molar-refractivity contribution in [3.05, 3.63) is 0 Å². The van der Waals surface area contributed by atoms with Crippen LogP contribution in [0.5, 0.6) is 0 Å². The van der Waals surface area contributed by atoms with E-state index in [1.54, 1.807) is 0 Å². The Hall–Kier alpha value is -0.240. The summed E-state index contributed by atoms with van der Waals surface area (Å²) < 4.78 is 1.83. The molecule has 0 bridgehead atoms. The van der Waals surface area contributed by atoms with Crippen LogP contribution < -0.4 is 0 Å². The second-order valence-corrected chi connectivity index (χ2v) is 16.0. The van der Waals surface area contributed by atoms with E-state index >= 15 is 0 Å². The number of β-amino-alcohol motifs (C(OH)–C–C–N with tert-alkyl or cyclic N) is 2. The summed E-state index contributed by atoms with van der Waals surface area (Å²) >= 11 is 0. The lowest BCUT2D eigenvalue weighted by molar-refractivity contribution is -0.893. The zero-order valence-electron chi connectivity index (χ0n) is 31.1. The van der Waals surface area contributed by atoms with Crippen LogP contribution in [0.1, 0.15) is 142 Å². The molecule has 1 saturated heterocycles. The molecule has 0 aromatic rings. The number of likely N-dealkylation sites (N-methyl/N-ethyl adjacent to an activating group) is 2. The predicted molar refractivity (Wildman–Crippen MR) is 192 cm³/mol. The number of quaternary nitrogens is 2. The van der Waals surface area contributed by atoms with E-state index in [2.05, 4.69) is 51.8 Å². The van der Waals surface area contributed by atoms with Gasteiger partial charge in [-0.05, 0) is 25.7 Å². The molecule has 1 heterocycles. The Balaban J connectivity index is 2.11. The molecule has 0 spiro atoms. The van der Waals surface area contributed by atoms with Crippen molar-refractivity contribution >= 4 is 0 Å². The Morgan fingerprint density at radius 2 is 0.682 bits per heavy atom. The van der Waals surface area contributed by atoms with Crippen LogP contribution in [0, 0.1) is 0 Å². The Labute approximate surface area is 276 Å². The summed E-state index contributed by atoms with van der Waals surface area (Å²) in [6.45, 7) is 14.1. The van der Waals surface area contributed by atoms with Gasteiger partial charge in [0.25, 0.3) is 0 Å². The number of hydrogen-bond donors (Lipinski definition) is 2. The van der Waals surface area contributed by atoms with Gasteiger partial charge in [-0.2, -0.15) is 0 Å². The Bertz CT molecular complexity index is 582. The molecular weight excluding hydrogens is 544 g/mol. The molecule has 0 radical (unpaired) electrons. The van der Waals surface area contributed by atoms with E-state index in [0.717, 1.165) is 74.4 Å². The number of piperazine rings is 1. The van der Waals surface area contributed by atoms with Crippen molar-refractivity contribution in [2.75, 3.05) is 93.6 Å². The number of aliphatic hydroxyl groups is 2. The van der Waals surface area contributed by atoms with Gasteiger partial charge in [-0.1, -0.05) is 117 Å². The topological polar surface area (TPSA) is 46.9 Å². The first-order valence-corrected chi connectivity index (χ1v) is 19.5. The summed E-state index contributed by atoms with van der Waals surface area (Å²) in [7, 11) is 9.14. The highest BCUT2D eigenvalue weighted by molar-refractivity contribution is 4.76.